The molecule has 0 amide bonds. The molecule has 4 saturated carbocycles. The predicted molar refractivity (Wildman–Crippen MR) is 111 cm³/mol. The second-order valence-corrected chi connectivity index (χ2v) is 10.7. The van der Waals surface area contributed by atoms with Crippen molar-refractivity contribution in [1.82, 2.24) is 0 Å². The van der Waals surface area contributed by atoms with Crippen LogP contribution in [0, 0.1) is 34.5 Å². The number of nitrogens with two attached hydrogens (primary N) is 1. The molecule has 5 heteroatoms. The molecule has 0 aliphatic heterocycles. The van der Waals surface area contributed by atoms with Gasteiger partial charge in [0.05, 0.1) is 11.7 Å². The molecule has 4 N–H and O–H groups in total. The Bertz CT molecular complexity index is 598. The Hall–Kier alpha value is -0.650. The van der Waals surface area contributed by atoms with E-state index in [-0.39, 0.29) is 11.5 Å². The summed E-state index contributed by atoms with van der Waals surface area (Å²) in [4.78, 5) is 5.17. The molecule has 4 rings (SSSR count). The molecular weight excluding hydrogens is 352 g/mol. The van der Waals surface area contributed by atoms with Crippen molar-refractivity contribution in [3.63, 3.8) is 0 Å². The monoisotopic (exact) mass is 392 g/mol. The smallest absolute Gasteiger partial charge is 0.129 e. The number of hydrogen-bond acceptors (Lipinski definition) is 5. The van der Waals surface area contributed by atoms with Crippen molar-refractivity contribution in [3.8, 4) is 0 Å². The highest BCUT2D eigenvalue weighted by Crippen LogP contribution is 2.69. The molecule has 5 nitrogen and oxygen atoms in total. The van der Waals surface area contributed by atoms with Gasteiger partial charge in [0.1, 0.15) is 6.61 Å². The van der Waals surface area contributed by atoms with Crippen molar-refractivity contribution >= 4 is 6.21 Å². The first-order valence-corrected chi connectivity index (χ1v) is 11.6. The number of rotatable bonds is 5. The van der Waals surface area contributed by atoms with Crippen LogP contribution >= 0.6 is 0 Å². The third kappa shape index (κ3) is 3.04. The van der Waals surface area contributed by atoms with Crippen molar-refractivity contribution in [2.24, 2.45) is 45.4 Å². The third-order valence-corrected chi connectivity index (χ3v) is 9.76. The summed E-state index contributed by atoms with van der Waals surface area (Å²) in [6, 6.07) is 0. The van der Waals surface area contributed by atoms with Crippen LogP contribution in [0.2, 0.25) is 0 Å². The zero-order valence-corrected chi connectivity index (χ0v) is 17.8. The van der Waals surface area contributed by atoms with Crippen LogP contribution in [0.15, 0.2) is 5.16 Å². The lowest BCUT2D eigenvalue weighted by Crippen LogP contribution is -2.62. The van der Waals surface area contributed by atoms with Crippen molar-refractivity contribution < 1.29 is 15.1 Å². The van der Waals surface area contributed by atoms with Gasteiger partial charge < -0.3 is 20.8 Å². The van der Waals surface area contributed by atoms with Crippen LogP contribution in [0.5, 0.6) is 0 Å². The summed E-state index contributed by atoms with van der Waals surface area (Å²) in [5.41, 5.74) is 5.17. The summed E-state index contributed by atoms with van der Waals surface area (Å²) in [7, 11) is 0. The lowest BCUT2D eigenvalue weighted by atomic mass is 9.43. The number of aliphatic hydroxyl groups excluding tert-OH is 1. The minimum atomic E-state index is -0.545. The largest absolute Gasteiger partial charge is 0.395 e. The van der Waals surface area contributed by atoms with E-state index in [1.165, 1.54) is 12.8 Å². The predicted octanol–water partition coefficient (Wildman–Crippen LogP) is 3.47. The van der Waals surface area contributed by atoms with Crippen LogP contribution in [0.3, 0.4) is 0 Å². The van der Waals surface area contributed by atoms with Crippen molar-refractivity contribution in [2.75, 3.05) is 13.2 Å². The van der Waals surface area contributed by atoms with Crippen LogP contribution in [0.1, 0.15) is 78.1 Å². The first-order chi connectivity index (χ1) is 13.3. The van der Waals surface area contributed by atoms with Gasteiger partial charge in [-0.25, -0.2) is 0 Å². The Morgan fingerprint density at radius 1 is 1.07 bits per heavy atom. The van der Waals surface area contributed by atoms with E-state index >= 15 is 0 Å². The molecule has 28 heavy (non-hydrogen) atoms. The minimum absolute atomic E-state index is 0.0224. The second-order valence-electron chi connectivity index (χ2n) is 10.7. The molecule has 3 unspecified atom stereocenters. The summed E-state index contributed by atoms with van der Waals surface area (Å²) in [6.07, 6.45) is 12.3. The van der Waals surface area contributed by atoms with Crippen molar-refractivity contribution in [2.45, 2.75) is 89.8 Å². The van der Waals surface area contributed by atoms with E-state index in [2.05, 4.69) is 19.0 Å². The van der Waals surface area contributed by atoms with Crippen LogP contribution in [-0.4, -0.2) is 41.3 Å². The lowest BCUT2D eigenvalue weighted by Gasteiger charge is -2.63. The molecule has 8 atom stereocenters. The van der Waals surface area contributed by atoms with Gasteiger partial charge in [-0.15, -0.1) is 0 Å². The number of fused-ring (bicyclic) bond motifs is 5. The van der Waals surface area contributed by atoms with E-state index in [1.54, 1.807) is 0 Å². The maximum absolute atomic E-state index is 12.1. The van der Waals surface area contributed by atoms with Crippen molar-refractivity contribution in [3.05, 3.63) is 0 Å². The van der Waals surface area contributed by atoms with E-state index in [1.807, 2.05) is 6.21 Å². The second kappa shape index (κ2) is 7.55. The Kier molecular flexibility index (Phi) is 5.56. The zero-order valence-electron chi connectivity index (χ0n) is 17.8. The third-order valence-electron chi connectivity index (χ3n) is 9.76. The number of aliphatic hydroxyl groups is 2. The molecule has 0 aromatic carbocycles. The average Bonchev–Trinajstić information content (AvgIpc) is 2.93. The summed E-state index contributed by atoms with van der Waals surface area (Å²) in [5, 5.41) is 26.3. The normalized spacial score (nSPS) is 50.8. The van der Waals surface area contributed by atoms with E-state index in [4.69, 9.17) is 10.6 Å². The molecule has 0 spiro atoms. The molecule has 0 heterocycles. The van der Waals surface area contributed by atoms with Crippen LogP contribution in [0.4, 0.5) is 0 Å². The van der Waals surface area contributed by atoms with E-state index in [9.17, 15) is 10.2 Å². The molecule has 0 radical (unpaired) electrons. The Balaban J connectivity index is 1.51. The topological polar surface area (TPSA) is 88.1 Å². The molecule has 0 saturated heterocycles. The standard InChI is InChI=1S/C23H40N2O3/c1-21-9-6-18(26)15-17(21)3-4-20-19(21)7-10-22(2)16(5-11-23(20,22)27)8-13-25-28-14-12-24/h13,16-20,26-27H,3-12,14-15,24H2,1-2H3/b25-13-/t16?,17?,18?,19-,20-,21+,22-,23-/m1/s1. The molecule has 0 aromatic heterocycles. The van der Waals surface area contributed by atoms with Crippen LogP contribution in [-0.2, 0) is 4.84 Å². The average molecular weight is 393 g/mol. The number of nitrogens with zero attached hydrogens (tertiary/aromatic N) is 1. The van der Waals surface area contributed by atoms with Crippen LogP contribution < -0.4 is 5.73 Å². The highest BCUT2D eigenvalue weighted by molar-refractivity contribution is 5.57. The Morgan fingerprint density at radius 3 is 2.68 bits per heavy atom. The molecule has 160 valence electrons. The molecule has 4 aliphatic carbocycles. The molecular formula is C23H40N2O3. The lowest BCUT2D eigenvalue weighted by molar-refractivity contribution is -0.209. The fourth-order valence-electron chi connectivity index (χ4n) is 8.02. The summed E-state index contributed by atoms with van der Waals surface area (Å²) in [5.74, 6) is 2.13. The van der Waals surface area contributed by atoms with Gasteiger partial charge in [-0.2, -0.15) is 0 Å². The Labute approximate surface area is 170 Å². The van der Waals surface area contributed by atoms with Gasteiger partial charge in [-0.3, -0.25) is 0 Å². The molecule has 4 fully saturated rings. The fraction of sp³-hybridized carbons (Fsp3) is 0.957. The van der Waals surface area contributed by atoms with Gasteiger partial charge in [0, 0.05) is 12.8 Å². The van der Waals surface area contributed by atoms with E-state index < -0.39 is 5.60 Å². The highest BCUT2D eigenvalue weighted by Gasteiger charge is 2.66. The zero-order chi connectivity index (χ0) is 20.0. The van der Waals surface area contributed by atoms with Gasteiger partial charge in [-0.05, 0) is 98.7 Å². The molecule has 4 aliphatic rings. The number of hydrogen-bond donors (Lipinski definition) is 3. The molecule has 0 aromatic rings. The molecule has 0 bridgehead atoms. The highest BCUT2D eigenvalue weighted by atomic mass is 16.6. The van der Waals surface area contributed by atoms with E-state index in [0.29, 0.717) is 42.2 Å². The first-order valence-electron chi connectivity index (χ1n) is 11.6. The van der Waals surface area contributed by atoms with Crippen molar-refractivity contribution in [1.29, 1.82) is 0 Å². The maximum Gasteiger partial charge on any atom is 0.129 e. The van der Waals surface area contributed by atoms with Gasteiger partial charge in [0.15, 0.2) is 0 Å². The van der Waals surface area contributed by atoms with Gasteiger partial charge >= 0.3 is 0 Å². The summed E-state index contributed by atoms with van der Waals surface area (Å²) < 4.78 is 0. The van der Waals surface area contributed by atoms with Gasteiger partial charge in [-0.1, -0.05) is 19.0 Å². The van der Waals surface area contributed by atoms with Crippen LogP contribution in [0.25, 0.3) is 0 Å². The van der Waals surface area contributed by atoms with Gasteiger partial charge in [0.2, 0.25) is 0 Å². The maximum atomic E-state index is 12.1. The summed E-state index contributed by atoms with van der Waals surface area (Å²) >= 11 is 0. The Morgan fingerprint density at radius 2 is 1.89 bits per heavy atom. The minimum Gasteiger partial charge on any atom is -0.395 e. The van der Waals surface area contributed by atoms with E-state index in [0.717, 1.165) is 51.4 Å². The number of oxime groups is 1. The summed E-state index contributed by atoms with van der Waals surface area (Å²) in [6.45, 7) is 5.76. The first kappa shape index (κ1) is 20.6. The quantitative estimate of drug-likeness (QED) is 0.380. The van der Waals surface area contributed by atoms with Gasteiger partial charge in [0.25, 0.3) is 0 Å². The fourth-order valence-corrected chi connectivity index (χ4v) is 8.02. The SMILES string of the molecule is C[C@]12CCC(O)CC1CC[C@@H]1[C@H]2CC[C@]2(C)C(C/C=N\OCCN)CC[C@@]12O.